The zero-order valence-electron chi connectivity index (χ0n) is 13.3. The highest BCUT2D eigenvalue weighted by atomic mass is 35.5. The van der Waals surface area contributed by atoms with Crippen molar-refractivity contribution in [3.8, 4) is 0 Å². The lowest BCUT2D eigenvalue weighted by molar-refractivity contribution is -0.122. The molecule has 0 spiro atoms. The van der Waals surface area contributed by atoms with E-state index in [1.54, 1.807) is 12.1 Å². The minimum atomic E-state index is -0.607. The molecule has 1 aromatic carbocycles. The number of benzene rings is 1. The van der Waals surface area contributed by atoms with E-state index in [2.05, 4.69) is 5.32 Å². The number of amides is 2. The molecule has 2 atom stereocenters. The van der Waals surface area contributed by atoms with Gasteiger partial charge in [-0.25, -0.2) is 0 Å². The Morgan fingerprint density at radius 1 is 1.17 bits per heavy atom. The van der Waals surface area contributed by atoms with Crippen LogP contribution in [0, 0.1) is 17.8 Å². The summed E-state index contributed by atoms with van der Waals surface area (Å²) in [7, 11) is 0. The number of hydrogen-bond acceptors (Lipinski definition) is 3. The Kier molecular flexibility index (Phi) is 6.12. The topological polar surface area (TPSA) is 98.2 Å². The van der Waals surface area contributed by atoms with Crippen LogP contribution in [0.15, 0.2) is 18.2 Å². The number of halogens is 2. The number of carbonyl (C=O) groups excluding carboxylic acids is 2. The predicted molar refractivity (Wildman–Crippen MR) is 97.4 cm³/mol. The monoisotopic (exact) mass is 371 g/mol. The van der Waals surface area contributed by atoms with E-state index in [0.717, 1.165) is 25.7 Å². The van der Waals surface area contributed by atoms with Gasteiger partial charge in [-0.05, 0) is 55.7 Å². The molecule has 1 aromatic rings. The van der Waals surface area contributed by atoms with Gasteiger partial charge < -0.3 is 16.8 Å². The molecule has 0 heterocycles. The molecule has 24 heavy (non-hydrogen) atoms. The molecule has 7 heteroatoms. The van der Waals surface area contributed by atoms with Gasteiger partial charge in [0.15, 0.2) is 0 Å². The van der Waals surface area contributed by atoms with Crippen LogP contribution in [-0.4, -0.2) is 17.9 Å². The molecule has 2 saturated carbocycles. The van der Waals surface area contributed by atoms with E-state index < -0.39 is 5.91 Å². The van der Waals surface area contributed by atoms with Crippen LogP contribution in [0.25, 0.3) is 0 Å². The van der Waals surface area contributed by atoms with Crippen LogP contribution in [0.3, 0.4) is 0 Å². The van der Waals surface area contributed by atoms with Gasteiger partial charge in [0.1, 0.15) is 0 Å². The molecule has 2 bridgehead atoms. The Morgan fingerprint density at radius 3 is 2.38 bits per heavy atom. The van der Waals surface area contributed by atoms with Gasteiger partial charge in [0.25, 0.3) is 0 Å². The minimum absolute atomic E-state index is 0. The first-order chi connectivity index (χ1) is 11.0. The van der Waals surface area contributed by atoms with Crippen LogP contribution < -0.4 is 16.8 Å². The fourth-order valence-corrected chi connectivity index (χ4v) is 4.25. The lowest BCUT2D eigenvalue weighted by Gasteiger charge is -2.43. The summed E-state index contributed by atoms with van der Waals surface area (Å²) in [4.78, 5) is 23.9. The van der Waals surface area contributed by atoms with Crippen LogP contribution >= 0.6 is 24.0 Å². The van der Waals surface area contributed by atoms with E-state index in [1.807, 2.05) is 0 Å². The summed E-state index contributed by atoms with van der Waals surface area (Å²) in [6.07, 6.45) is 5.15. The Balaban J connectivity index is 0.00000208. The summed E-state index contributed by atoms with van der Waals surface area (Å²) in [5, 5.41) is 3.18. The largest absolute Gasteiger partial charge is 0.366 e. The zero-order valence-corrected chi connectivity index (χ0v) is 14.9. The third-order valence-electron chi connectivity index (χ3n) is 5.28. The first kappa shape index (κ1) is 19.0. The summed E-state index contributed by atoms with van der Waals surface area (Å²) < 4.78 is 0. The Labute approximate surface area is 152 Å². The van der Waals surface area contributed by atoms with E-state index in [0.29, 0.717) is 17.5 Å². The number of nitrogens with two attached hydrogens (primary N) is 2. The SMILES string of the molecule is Cl.NC(=O)c1cc(NC(=O)C2CC3CCCC(C2)C3N)ccc1Cl. The molecule has 2 aliphatic rings. The standard InChI is InChI=1S/C17H22ClN3O2.ClH/c18-14-5-4-12(8-13(14)16(20)22)21-17(23)11-6-9-2-1-3-10(7-11)15(9)19;/h4-5,8-11,15H,1-3,6-7,19H2,(H2,20,22)(H,21,23);1H. The van der Waals surface area contributed by atoms with E-state index >= 15 is 0 Å². The van der Waals surface area contributed by atoms with E-state index in [9.17, 15) is 9.59 Å². The van der Waals surface area contributed by atoms with Gasteiger partial charge in [0.05, 0.1) is 10.6 Å². The van der Waals surface area contributed by atoms with Crippen molar-refractivity contribution in [2.45, 2.75) is 38.1 Å². The number of rotatable bonds is 3. The van der Waals surface area contributed by atoms with Crippen LogP contribution in [0.1, 0.15) is 42.5 Å². The number of nitrogens with one attached hydrogen (secondary N) is 1. The molecule has 5 N–H and O–H groups in total. The summed E-state index contributed by atoms with van der Waals surface area (Å²) in [6, 6.07) is 5.02. The first-order valence-electron chi connectivity index (χ1n) is 8.11. The number of primary amides is 1. The molecule has 0 radical (unpaired) electrons. The highest BCUT2D eigenvalue weighted by Gasteiger charge is 2.40. The molecular formula is C17H23Cl2N3O2. The lowest BCUT2D eigenvalue weighted by Crippen LogP contribution is -2.48. The van der Waals surface area contributed by atoms with Crippen molar-refractivity contribution >= 4 is 41.5 Å². The summed E-state index contributed by atoms with van der Waals surface area (Å²) in [5.41, 5.74) is 12.3. The maximum atomic E-state index is 12.6. The number of hydrogen-bond donors (Lipinski definition) is 3. The van der Waals surface area contributed by atoms with Crippen LogP contribution in [0.2, 0.25) is 5.02 Å². The normalized spacial score (nSPS) is 28.6. The predicted octanol–water partition coefficient (Wildman–Crippen LogP) is 2.95. The fraction of sp³-hybridized carbons (Fsp3) is 0.529. The molecule has 2 unspecified atom stereocenters. The van der Waals surface area contributed by atoms with E-state index in [-0.39, 0.29) is 40.9 Å². The molecule has 0 saturated heterocycles. The maximum Gasteiger partial charge on any atom is 0.250 e. The van der Waals surface area contributed by atoms with Gasteiger partial charge in [0.2, 0.25) is 11.8 Å². The van der Waals surface area contributed by atoms with Gasteiger partial charge in [-0.3, -0.25) is 9.59 Å². The second kappa shape index (κ2) is 7.72. The molecule has 2 amide bonds. The highest BCUT2D eigenvalue weighted by molar-refractivity contribution is 6.34. The lowest BCUT2D eigenvalue weighted by atomic mass is 9.65. The number of fused-ring (bicyclic) bond motifs is 2. The average molecular weight is 372 g/mol. The van der Waals surface area contributed by atoms with Crippen molar-refractivity contribution < 1.29 is 9.59 Å². The van der Waals surface area contributed by atoms with Crippen molar-refractivity contribution in [3.63, 3.8) is 0 Å². The molecule has 3 rings (SSSR count). The Bertz CT molecular complexity index is 624. The van der Waals surface area contributed by atoms with Gasteiger partial charge in [-0.1, -0.05) is 18.0 Å². The summed E-state index contributed by atoms with van der Waals surface area (Å²) in [6.45, 7) is 0. The van der Waals surface area contributed by atoms with Gasteiger partial charge >= 0.3 is 0 Å². The van der Waals surface area contributed by atoms with Gasteiger partial charge in [-0.15, -0.1) is 12.4 Å². The van der Waals surface area contributed by atoms with Crippen LogP contribution in [-0.2, 0) is 4.79 Å². The Hall–Kier alpha value is -1.30. The smallest absolute Gasteiger partial charge is 0.250 e. The van der Waals surface area contributed by atoms with Crippen LogP contribution in [0.5, 0.6) is 0 Å². The minimum Gasteiger partial charge on any atom is -0.366 e. The molecule has 0 aliphatic heterocycles. The number of anilines is 1. The zero-order chi connectivity index (χ0) is 16.6. The Morgan fingerprint density at radius 2 is 1.79 bits per heavy atom. The van der Waals surface area contributed by atoms with Crippen molar-refractivity contribution in [3.05, 3.63) is 28.8 Å². The fourth-order valence-electron chi connectivity index (χ4n) is 4.04. The average Bonchev–Trinajstić information content (AvgIpc) is 2.48. The van der Waals surface area contributed by atoms with E-state index in [4.69, 9.17) is 23.1 Å². The molecule has 2 fully saturated rings. The van der Waals surface area contributed by atoms with Crippen molar-refractivity contribution in [2.75, 3.05) is 5.32 Å². The van der Waals surface area contributed by atoms with Crippen LogP contribution in [0.4, 0.5) is 5.69 Å². The third-order valence-corrected chi connectivity index (χ3v) is 5.61. The third kappa shape index (κ3) is 3.85. The van der Waals surface area contributed by atoms with Gasteiger partial charge in [0, 0.05) is 17.6 Å². The van der Waals surface area contributed by atoms with Crippen molar-refractivity contribution in [1.29, 1.82) is 0 Å². The number of carbonyl (C=O) groups is 2. The molecule has 5 nitrogen and oxygen atoms in total. The molecular weight excluding hydrogens is 349 g/mol. The molecule has 0 aromatic heterocycles. The van der Waals surface area contributed by atoms with Crippen molar-refractivity contribution in [2.24, 2.45) is 29.2 Å². The maximum absolute atomic E-state index is 12.6. The highest BCUT2D eigenvalue weighted by Crippen LogP contribution is 2.42. The molecule has 2 aliphatic carbocycles. The summed E-state index contributed by atoms with van der Waals surface area (Å²) in [5.74, 6) is 0.267. The quantitative estimate of drug-likeness (QED) is 0.761. The van der Waals surface area contributed by atoms with Gasteiger partial charge in [-0.2, -0.15) is 0 Å². The second-order valence-electron chi connectivity index (χ2n) is 6.74. The molecule has 132 valence electrons. The second-order valence-corrected chi connectivity index (χ2v) is 7.15. The van der Waals surface area contributed by atoms with Crippen molar-refractivity contribution in [1.82, 2.24) is 0 Å². The van der Waals surface area contributed by atoms with E-state index in [1.165, 1.54) is 12.5 Å². The first-order valence-corrected chi connectivity index (χ1v) is 8.49. The summed E-state index contributed by atoms with van der Waals surface area (Å²) >= 11 is 5.93.